The summed E-state index contributed by atoms with van der Waals surface area (Å²) in [6, 6.07) is 14.1. The predicted molar refractivity (Wildman–Crippen MR) is 86.8 cm³/mol. The largest absolute Gasteiger partial charge is 0.423 e. The summed E-state index contributed by atoms with van der Waals surface area (Å²) in [5.74, 6) is 0.150. The Balaban J connectivity index is 2.43. The Labute approximate surface area is 123 Å². The van der Waals surface area contributed by atoms with Crippen molar-refractivity contribution < 1.29 is 9.53 Å². The smallest absolute Gasteiger partial charge is 0.335 e. The maximum atomic E-state index is 11.5. The highest BCUT2D eigenvalue weighted by molar-refractivity contribution is 6.08. The minimum atomic E-state index is -0.437. The highest BCUT2D eigenvalue weighted by atomic mass is 16.5. The Hall–Kier alpha value is -2.61. The Morgan fingerprint density at radius 1 is 0.952 bits per heavy atom. The Morgan fingerprint density at radius 3 is 2.24 bits per heavy atom. The molecule has 0 bridgehead atoms. The van der Waals surface area contributed by atoms with Gasteiger partial charge in [-0.3, -0.25) is 0 Å². The summed E-state index contributed by atoms with van der Waals surface area (Å²) in [5.41, 5.74) is 2.32. The quantitative estimate of drug-likeness (QED) is 0.293. The van der Waals surface area contributed by atoms with E-state index in [2.05, 4.69) is 38.6 Å². The van der Waals surface area contributed by atoms with Gasteiger partial charge in [0.1, 0.15) is 5.75 Å². The van der Waals surface area contributed by atoms with Gasteiger partial charge in [0.05, 0.1) is 0 Å². The molecule has 0 aliphatic carbocycles. The zero-order valence-electron chi connectivity index (χ0n) is 12.1. The van der Waals surface area contributed by atoms with Gasteiger partial charge in [0.25, 0.3) is 0 Å². The normalized spacial score (nSPS) is 10.8. The molecular weight excluding hydrogens is 260 g/mol. The molecule has 3 aromatic rings. The van der Waals surface area contributed by atoms with Gasteiger partial charge in [-0.1, -0.05) is 43.0 Å². The predicted octanol–water partition coefficient (Wildman–Crippen LogP) is 4.70. The second-order valence-electron chi connectivity index (χ2n) is 5.10. The topological polar surface area (TPSA) is 26.3 Å². The molecule has 0 aromatic heterocycles. The molecule has 0 aliphatic heterocycles. The van der Waals surface area contributed by atoms with Crippen LogP contribution in [0.2, 0.25) is 0 Å². The van der Waals surface area contributed by atoms with E-state index in [1.54, 1.807) is 0 Å². The summed E-state index contributed by atoms with van der Waals surface area (Å²) in [4.78, 5) is 11.5. The molecule has 0 spiro atoms. The van der Waals surface area contributed by atoms with Gasteiger partial charge in [-0.15, -0.1) is 0 Å². The van der Waals surface area contributed by atoms with Gasteiger partial charge in [-0.2, -0.15) is 0 Å². The van der Waals surface area contributed by atoms with Crippen LogP contribution >= 0.6 is 0 Å². The summed E-state index contributed by atoms with van der Waals surface area (Å²) < 4.78 is 5.40. The molecule has 0 amide bonds. The fourth-order valence-electron chi connectivity index (χ4n) is 2.88. The maximum absolute atomic E-state index is 11.5. The summed E-state index contributed by atoms with van der Waals surface area (Å²) >= 11 is 0. The van der Waals surface area contributed by atoms with Crippen LogP contribution in [-0.2, 0) is 4.79 Å². The minimum absolute atomic E-state index is 0.437. The molecule has 0 atom stereocenters. The van der Waals surface area contributed by atoms with E-state index in [4.69, 9.17) is 4.74 Å². The van der Waals surface area contributed by atoms with Crippen molar-refractivity contribution in [1.82, 2.24) is 0 Å². The van der Waals surface area contributed by atoms with Crippen LogP contribution < -0.4 is 4.74 Å². The molecule has 0 fully saturated rings. The second kappa shape index (κ2) is 5.06. The average molecular weight is 276 g/mol. The third kappa shape index (κ3) is 2.09. The number of aryl methyl sites for hydroxylation is 2. The lowest BCUT2D eigenvalue weighted by molar-refractivity contribution is -0.128. The number of hydrogen-bond acceptors (Lipinski definition) is 2. The molecule has 0 radical (unpaired) electrons. The second-order valence-corrected chi connectivity index (χ2v) is 5.10. The van der Waals surface area contributed by atoms with E-state index in [0.29, 0.717) is 5.75 Å². The van der Waals surface area contributed by atoms with Crippen molar-refractivity contribution in [1.29, 1.82) is 0 Å². The monoisotopic (exact) mass is 276 g/mol. The molecule has 3 rings (SSSR count). The first kappa shape index (κ1) is 13.4. The zero-order valence-corrected chi connectivity index (χ0v) is 12.1. The van der Waals surface area contributed by atoms with Gasteiger partial charge < -0.3 is 4.74 Å². The van der Waals surface area contributed by atoms with E-state index in [1.807, 2.05) is 24.3 Å². The van der Waals surface area contributed by atoms with E-state index in [0.717, 1.165) is 16.3 Å². The molecule has 2 nitrogen and oxygen atoms in total. The molecule has 0 heterocycles. The standard InChI is InChI=1S/C19H16O2/c1-4-18(20)21-17-11-7-10-16-12(2)14-8-5-6-9-15(14)13(3)19(16)17/h4-11H,1H2,2-3H3. The Bertz CT molecular complexity index is 875. The van der Waals surface area contributed by atoms with E-state index in [1.165, 1.54) is 22.4 Å². The Kier molecular flexibility index (Phi) is 3.22. The van der Waals surface area contributed by atoms with Crippen LogP contribution in [0.25, 0.3) is 21.5 Å². The first-order valence-electron chi connectivity index (χ1n) is 6.88. The van der Waals surface area contributed by atoms with Gasteiger partial charge in [-0.25, -0.2) is 4.79 Å². The zero-order chi connectivity index (χ0) is 15.0. The minimum Gasteiger partial charge on any atom is -0.423 e. The highest BCUT2D eigenvalue weighted by Gasteiger charge is 2.13. The van der Waals surface area contributed by atoms with Crippen molar-refractivity contribution in [3.05, 3.63) is 66.2 Å². The van der Waals surface area contributed by atoms with Crippen molar-refractivity contribution in [2.24, 2.45) is 0 Å². The van der Waals surface area contributed by atoms with Crippen molar-refractivity contribution in [3.63, 3.8) is 0 Å². The molecule has 0 saturated carbocycles. The lowest BCUT2D eigenvalue weighted by Crippen LogP contribution is -2.04. The number of carbonyl (C=O) groups excluding carboxylic acids is 1. The van der Waals surface area contributed by atoms with Crippen LogP contribution in [0.3, 0.4) is 0 Å². The number of ether oxygens (including phenoxy) is 1. The summed E-state index contributed by atoms with van der Waals surface area (Å²) in [5, 5.41) is 4.52. The number of benzene rings is 3. The summed E-state index contributed by atoms with van der Waals surface area (Å²) in [6.45, 7) is 7.62. The lowest BCUT2D eigenvalue weighted by atomic mass is 9.93. The van der Waals surface area contributed by atoms with Crippen molar-refractivity contribution in [2.75, 3.05) is 0 Å². The summed E-state index contributed by atoms with van der Waals surface area (Å²) in [6.07, 6.45) is 1.18. The average Bonchev–Trinajstić information content (AvgIpc) is 2.52. The van der Waals surface area contributed by atoms with E-state index in [-0.39, 0.29) is 0 Å². The van der Waals surface area contributed by atoms with Gasteiger partial charge in [0.15, 0.2) is 0 Å². The van der Waals surface area contributed by atoms with Gasteiger partial charge >= 0.3 is 5.97 Å². The molecule has 0 N–H and O–H groups in total. The molecule has 0 saturated heterocycles. The lowest BCUT2D eigenvalue weighted by Gasteiger charge is -2.14. The molecule has 21 heavy (non-hydrogen) atoms. The highest BCUT2D eigenvalue weighted by Crippen LogP contribution is 2.37. The first-order valence-corrected chi connectivity index (χ1v) is 6.88. The number of hydrogen-bond donors (Lipinski definition) is 0. The number of carbonyl (C=O) groups is 1. The number of rotatable bonds is 2. The van der Waals surface area contributed by atoms with Gasteiger partial charge in [-0.05, 0) is 47.2 Å². The SMILES string of the molecule is C=CC(=O)Oc1cccc2c(C)c3ccccc3c(C)c12. The van der Waals surface area contributed by atoms with Crippen LogP contribution in [0.4, 0.5) is 0 Å². The number of esters is 1. The van der Waals surface area contributed by atoms with Crippen molar-refractivity contribution >= 4 is 27.5 Å². The first-order chi connectivity index (χ1) is 10.1. The van der Waals surface area contributed by atoms with E-state index < -0.39 is 5.97 Å². The Morgan fingerprint density at radius 2 is 1.57 bits per heavy atom. The molecule has 2 heteroatoms. The maximum Gasteiger partial charge on any atom is 0.335 e. The molecule has 104 valence electrons. The van der Waals surface area contributed by atoms with Crippen LogP contribution in [0.1, 0.15) is 11.1 Å². The van der Waals surface area contributed by atoms with Crippen molar-refractivity contribution in [2.45, 2.75) is 13.8 Å². The summed E-state index contributed by atoms with van der Waals surface area (Å²) in [7, 11) is 0. The van der Waals surface area contributed by atoms with Crippen LogP contribution in [0.5, 0.6) is 5.75 Å². The molecular formula is C19H16O2. The third-order valence-corrected chi connectivity index (χ3v) is 3.92. The van der Waals surface area contributed by atoms with Crippen LogP contribution in [0.15, 0.2) is 55.1 Å². The van der Waals surface area contributed by atoms with E-state index in [9.17, 15) is 4.79 Å². The molecule has 3 aromatic carbocycles. The molecule has 0 aliphatic rings. The molecule has 0 unspecified atom stereocenters. The van der Waals surface area contributed by atoms with Crippen LogP contribution in [0, 0.1) is 13.8 Å². The fraction of sp³-hybridized carbons (Fsp3) is 0.105. The van der Waals surface area contributed by atoms with E-state index >= 15 is 0 Å². The number of fused-ring (bicyclic) bond motifs is 2. The van der Waals surface area contributed by atoms with Gasteiger partial charge in [0.2, 0.25) is 0 Å². The van der Waals surface area contributed by atoms with Crippen LogP contribution in [-0.4, -0.2) is 5.97 Å². The fourth-order valence-corrected chi connectivity index (χ4v) is 2.88. The third-order valence-electron chi connectivity index (χ3n) is 3.92. The van der Waals surface area contributed by atoms with Gasteiger partial charge in [0, 0.05) is 11.5 Å². The van der Waals surface area contributed by atoms with Crippen molar-refractivity contribution in [3.8, 4) is 5.75 Å².